The molecule has 2 N–H and O–H groups in total. The van der Waals surface area contributed by atoms with Gasteiger partial charge in [0.1, 0.15) is 5.02 Å². The van der Waals surface area contributed by atoms with Crippen molar-refractivity contribution in [3.8, 4) is 5.88 Å². The number of alkyl halides is 3. The van der Waals surface area contributed by atoms with Gasteiger partial charge in [-0.15, -0.1) is 12.4 Å². The molecule has 0 aliphatic carbocycles. The summed E-state index contributed by atoms with van der Waals surface area (Å²) in [7, 11) is 0. The Labute approximate surface area is 108 Å². The smallest absolute Gasteiger partial charge is 0.417 e. The van der Waals surface area contributed by atoms with E-state index in [1.165, 1.54) is 0 Å². The standard InChI is InChI=1S/C9H10ClF3N2O.ClH/c10-7-4-6(9(11,12)13)5-15-8(7)16-3-1-2-14;/h4-5H,1-3,14H2;1H. The number of nitrogens with two attached hydrogens (primary N) is 1. The average Bonchev–Trinajstić information content (AvgIpc) is 2.19. The molecule has 17 heavy (non-hydrogen) atoms. The minimum absolute atomic E-state index is 0. The van der Waals surface area contributed by atoms with Crippen LogP contribution < -0.4 is 10.5 Å². The SMILES string of the molecule is Cl.NCCCOc1ncc(C(F)(F)F)cc1Cl. The van der Waals surface area contributed by atoms with Gasteiger partial charge in [0.05, 0.1) is 12.2 Å². The van der Waals surface area contributed by atoms with Gasteiger partial charge in [-0.1, -0.05) is 11.6 Å². The number of pyridine rings is 1. The maximum atomic E-state index is 12.3. The van der Waals surface area contributed by atoms with Crippen LogP contribution in [0.25, 0.3) is 0 Å². The molecule has 0 amide bonds. The molecule has 98 valence electrons. The van der Waals surface area contributed by atoms with Crippen LogP contribution in [0.4, 0.5) is 13.2 Å². The first-order valence-electron chi connectivity index (χ1n) is 4.50. The summed E-state index contributed by atoms with van der Waals surface area (Å²) in [6.45, 7) is 0.701. The summed E-state index contributed by atoms with van der Waals surface area (Å²) < 4.78 is 41.8. The number of ether oxygens (including phenoxy) is 1. The highest BCUT2D eigenvalue weighted by Gasteiger charge is 2.31. The summed E-state index contributed by atoms with van der Waals surface area (Å²) in [5.41, 5.74) is 4.33. The largest absolute Gasteiger partial charge is 0.477 e. The third-order valence-corrected chi connectivity index (χ3v) is 1.99. The van der Waals surface area contributed by atoms with Gasteiger partial charge in [0.15, 0.2) is 0 Å². The summed E-state index contributed by atoms with van der Waals surface area (Å²) >= 11 is 5.60. The van der Waals surface area contributed by atoms with Gasteiger partial charge in [0.2, 0.25) is 5.88 Å². The lowest BCUT2D eigenvalue weighted by Gasteiger charge is -2.09. The molecule has 0 bridgehead atoms. The number of hydrogen-bond acceptors (Lipinski definition) is 3. The molecule has 0 spiro atoms. The van der Waals surface area contributed by atoms with E-state index >= 15 is 0 Å². The van der Waals surface area contributed by atoms with Crippen LogP contribution in [0, 0.1) is 0 Å². The van der Waals surface area contributed by atoms with Crippen LogP contribution in [0.1, 0.15) is 12.0 Å². The lowest BCUT2D eigenvalue weighted by molar-refractivity contribution is -0.137. The Morgan fingerprint density at radius 2 is 2.06 bits per heavy atom. The topological polar surface area (TPSA) is 48.1 Å². The fraction of sp³-hybridized carbons (Fsp3) is 0.444. The Bertz CT molecular complexity index is 361. The molecule has 0 aliphatic rings. The van der Waals surface area contributed by atoms with Gasteiger partial charge in [-0.2, -0.15) is 13.2 Å². The predicted molar refractivity (Wildman–Crippen MR) is 60.7 cm³/mol. The van der Waals surface area contributed by atoms with E-state index < -0.39 is 11.7 Å². The quantitative estimate of drug-likeness (QED) is 0.868. The number of nitrogens with zero attached hydrogens (tertiary/aromatic N) is 1. The Balaban J connectivity index is 0.00000256. The van der Waals surface area contributed by atoms with E-state index in [2.05, 4.69) is 4.98 Å². The van der Waals surface area contributed by atoms with Crippen LogP contribution in [0.15, 0.2) is 12.3 Å². The van der Waals surface area contributed by atoms with Crippen molar-refractivity contribution < 1.29 is 17.9 Å². The van der Waals surface area contributed by atoms with E-state index in [9.17, 15) is 13.2 Å². The first kappa shape index (κ1) is 16.3. The van der Waals surface area contributed by atoms with Crippen LogP contribution in [0.3, 0.4) is 0 Å². The van der Waals surface area contributed by atoms with Crippen molar-refractivity contribution in [3.63, 3.8) is 0 Å². The van der Waals surface area contributed by atoms with E-state index in [0.717, 1.165) is 6.07 Å². The average molecular weight is 291 g/mol. The first-order chi connectivity index (χ1) is 7.45. The molecule has 8 heteroatoms. The van der Waals surface area contributed by atoms with E-state index in [1.807, 2.05) is 0 Å². The van der Waals surface area contributed by atoms with Crippen LogP contribution in [-0.2, 0) is 6.18 Å². The zero-order valence-corrected chi connectivity index (χ0v) is 10.2. The summed E-state index contributed by atoms with van der Waals surface area (Å²) in [5, 5.41) is -0.160. The minimum Gasteiger partial charge on any atom is -0.477 e. The Morgan fingerprint density at radius 3 is 2.53 bits per heavy atom. The molecule has 0 aromatic carbocycles. The zero-order chi connectivity index (χ0) is 12.2. The first-order valence-corrected chi connectivity index (χ1v) is 4.88. The molecule has 1 aromatic rings. The van der Waals surface area contributed by atoms with E-state index in [1.54, 1.807) is 0 Å². The second-order valence-corrected chi connectivity index (χ2v) is 3.41. The highest BCUT2D eigenvalue weighted by Crippen LogP contribution is 2.32. The number of aromatic nitrogens is 1. The second-order valence-electron chi connectivity index (χ2n) is 3.00. The van der Waals surface area contributed by atoms with Crippen LogP contribution in [-0.4, -0.2) is 18.1 Å². The predicted octanol–water partition coefficient (Wildman–Crippen LogP) is 2.90. The molecule has 0 aliphatic heterocycles. The van der Waals surface area contributed by atoms with Crippen LogP contribution in [0.5, 0.6) is 5.88 Å². The number of rotatable bonds is 4. The lowest BCUT2D eigenvalue weighted by Crippen LogP contribution is -2.09. The van der Waals surface area contributed by atoms with Gasteiger partial charge in [-0.3, -0.25) is 0 Å². The maximum absolute atomic E-state index is 12.3. The Morgan fingerprint density at radius 1 is 1.41 bits per heavy atom. The fourth-order valence-electron chi connectivity index (χ4n) is 0.939. The molecule has 1 heterocycles. The van der Waals surface area contributed by atoms with Crippen molar-refractivity contribution in [1.29, 1.82) is 0 Å². The van der Waals surface area contributed by atoms with Crippen molar-refractivity contribution in [2.75, 3.05) is 13.2 Å². The van der Waals surface area contributed by atoms with E-state index in [0.29, 0.717) is 19.2 Å². The summed E-state index contributed by atoms with van der Waals surface area (Å²) in [6.07, 6.45) is -3.19. The summed E-state index contributed by atoms with van der Waals surface area (Å²) in [4.78, 5) is 3.50. The van der Waals surface area contributed by atoms with E-state index in [4.69, 9.17) is 22.1 Å². The number of hydrogen-bond donors (Lipinski definition) is 1. The van der Waals surface area contributed by atoms with Gasteiger partial charge in [-0.25, -0.2) is 4.98 Å². The third-order valence-electron chi connectivity index (χ3n) is 1.72. The van der Waals surface area contributed by atoms with Gasteiger partial charge in [0.25, 0.3) is 0 Å². The Hall–Kier alpha value is -0.720. The van der Waals surface area contributed by atoms with Gasteiger partial charge < -0.3 is 10.5 Å². The normalized spacial score (nSPS) is 10.9. The molecule has 0 saturated carbocycles. The summed E-state index contributed by atoms with van der Waals surface area (Å²) in [6, 6.07) is 0.784. The monoisotopic (exact) mass is 290 g/mol. The van der Waals surface area contributed by atoms with Crippen molar-refractivity contribution in [1.82, 2.24) is 4.98 Å². The molecule has 3 nitrogen and oxygen atoms in total. The molecule has 0 radical (unpaired) electrons. The zero-order valence-electron chi connectivity index (χ0n) is 8.63. The molecule has 1 rings (SSSR count). The third kappa shape index (κ3) is 4.97. The number of halogens is 5. The molecule has 0 unspecified atom stereocenters. The molecular formula is C9H11Cl2F3N2O. The van der Waals surface area contributed by atoms with Crippen molar-refractivity contribution in [2.24, 2.45) is 5.73 Å². The van der Waals surface area contributed by atoms with Gasteiger partial charge in [-0.05, 0) is 19.0 Å². The van der Waals surface area contributed by atoms with Crippen LogP contribution >= 0.6 is 24.0 Å². The molecular weight excluding hydrogens is 280 g/mol. The van der Waals surface area contributed by atoms with Crippen LogP contribution in [0.2, 0.25) is 5.02 Å². The maximum Gasteiger partial charge on any atom is 0.417 e. The highest BCUT2D eigenvalue weighted by atomic mass is 35.5. The minimum atomic E-state index is -4.45. The summed E-state index contributed by atoms with van der Waals surface area (Å²) in [5.74, 6) is -0.0110. The second kappa shape index (κ2) is 6.88. The van der Waals surface area contributed by atoms with Gasteiger partial charge in [0, 0.05) is 6.20 Å². The van der Waals surface area contributed by atoms with Crippen molar-refractivity contribution in [3.05, 3.63) is 22.8 Å². The molecule has 0 fully saturated rings. The molecule has 0 atom stereocenters. The van der Waals surface area contributed by atoms with Crippen molar-refractivity contribution >= 4 is 24.0 Å². The van der Waals surface area contributed by atoms with Crippen molar-refractivity contribution in [2.45, 2.75) is 12.6 Å². The fourth-order valence-corrected chi connectivity index (χ4v) is 1.16. The van der Waals surface area contributed by atoms with Gasteiger partial charge >= 0.3 is 6.18 Å². The lowest BCUT2D eigenvalue weighted by atomic mass is 10.3. The highest BCUT2D eigenvalue weighted by molar-refractivity contribution is 6.31. The Kier molecular flexibility index (Phi) is 6.59. The molecule has 0 saturated heterocycles. The molecule has 1 aromatic heterocycles. The van der Waals surface area contributed by atoms with E-state index in [-0.39, 0.29) is 29.9 Å².